The molecule has 3 aromatic rings. The van der Waals surface area contributed by atoms with Crippen LogP contribution in [-0.4, -0.2) is 61.5 Å². The number of allylic oxidation sites excluding steroid dienone is 1. The van der Waals surface area contributed by atoms with E-state index < -0.39 is 33.4 Å². The molecule has 2 heterocycles. The molecular formula is C41H50BNO6Si. The fraction of sp³-hybridized carbons (Fsp3) is 0.415. The van der Waals surface area contributed by atoms with Crippen molar-refractivity contribution in [3.8, 4) is 5.75 Å². The number of fused-ring (bicyclic) bond motifs is 3. The maximum Gasteiger partial charge on any atom is 0.455 e. The van der Waals surface area contributed by atoms with E-state index in [-0.39, 0.29) is 34.8 Å². The Morgan fingerprint density at radius 2 is 1.58 bits per heavy atom. The standard InChI is InChI=1S/C41H50BNO6Si/c1-6-23-43-39(45)33-25-30(27-48-50(41(3,4)5,31-16-9-7-10-17-31)32-18-11-8-12-19-32)37-34(38(33)40(43)46)26-42(47)49-36(37)22-21-28(2)24-29-15-13-14-20-35(29)44/h7-20,24,33-34,36,38,44,47H,6,21-23,25-27H2,1-5H3/b28-24+/t33-,34+,36-,38-/m1/s1. The maximum absolute atomic E-state index is 13.9. The van der Waals surface area contributed by atoms with Crippen molar-refractivity contribution >= 4 is 43.7 Å². The van der Waals surface area contributed by atoms with Crippen molar-refractivity contribution in [3.63, 3.8) is 0 Å². The van der Waals surface area contributed by atoms with E-state index in [2.05, 4.69) is 69.3 Å². The van der Waals surface area contributed by atoms with Crippen LogP contribution in [0, 0.1) is 17.8 Å². The van der Waals surface area contributed by atoms with E-state index in [1.807, 2.05) is 44.2 Å². The summed E-state index contributed by atoms with van der Waals surface area (Å²) in [5.74, 6) is -1.32. The third kappa shape index (κ3) is 6.81. The molecule has 2 fully saturated rings. The molecule has 9 heteroatoms. The molecule has 3 aromatic carbocycles. The van der Waals surface area contributed by atoms with Gasteiger partial charge in [0, 0.05) is 12.1 Å². The quantitative estimate of drug-likeness (QED) is 0.138. The number of hydrogen-bond acceptors (Lipinski definition) is 6. The second-order valence-electron chi connectivity index (χ2n) is 15.2. The molecule has 262 valence electrons. The molecule has 0 spiro atoms. The number of likely N-dealkylation sites (tertiary alicyclic amines) is 1. The van der Waals surface area contributed by atoms with Crippen molar-refractivity contribution in [2.75, 3.05) is 13.2 Å². The average Bonchev–Trinajstić information content (AvgIpc) is 3.33. The van der Waals surface area contributed by atoms with Crippen LogP contribution in [0.5, 0.6) is 5.75 Å². The number of benzene rings is 3. The topological polar surface area (TPSA) is 96.3 Å². The zero-order valence-corrected chi connectivity index (χ0v) is 31.0. The largest absolute Gasteiger partial charge is 0.507 e. The van der Waals surface area contributed by atoms with Gasteiger partial charge in [0.2, 0.25) is 11.8 Å². The van der Waals surface area contributed by atoms with Gasteiger partial charge in [-0.3, -0.25) is 14.5 Å². The molecule has 6 rings (SSSR count). The Morgan fingerprint density at radius 1 is 0.960 bits per heavy atom. The average molecular weight is 692 g/mol. The number of aromatic hydroxyl groups is 1. The number of carbonyl (C=O) groups excluding carboxylic acids is 2. The predicted molar refractivity (Wildman–Crippen MR) is 201 cm³/mol. The zero-order chi connectivity index (χ0) is 35.6. The number of hydrogen-bond donors (Lipinski definition) is 2. The van der Waals surface area contributed by atoms with Crippen LogP contribution in [-0.2, 0) is 18.7 Å². The van der Waals surface area contributed by atoms with E-state index in [0.29, 0.717) is 38.8 Å². The van der Waals surface area contributed by atoms with Gasteiger partial charge in [0.1, 0.15) is 5.75 Å². The van der Waals surface area contributed by atoms with Crippen molar-refractivity contribution in [1.29, 1.82) is 0 Å². The first kappa shape index (κ1) is 36.0. The summed E-state index contributed by atoms with van der Waals surface area (Å²) in [5, 5.41) is 23.6. The van der Waals surface area contributed by atoms with Gasteiger partial charge in [-0.1, -0.05) is 118 Å². The lowest BCUT2D eigenvalue weighted by atomic mass is 9.58. The number of carbonyl (C=O) groups is 2. The van der Waals surface area contributed by atoms with Crippen LogP contribution in [0.1, 0.15) is 65.9 Å². The molecular weight excluding hydrogens is 641 g/mol. The molecule has 0 bridgehead atoms. The lowest BCUT2D eigenvalue weighted by Gasteiger charge is -2.46. The van der Waals surface area contributed by atoms with Crippen LogP contribution >= 0.6 is 0 Å². The number of phenolic OH excluding ortho intramolecular Hbond substituents is 1. The van der Waals surface area contributed by atoms with Gasteiger partial charge in [0.05, 0.1) is 24.5 Å². The van der Waals surface area contributed by atoms with Gasteiger partial charge in [-0.25, -0.2) is 0 Å². The molecule has 0 radical (unpaired) electrons. The first-order valence-corrected chi connectivity index (χ1v) is 20.0. The van der Waals surface area contributed by atoms with Gasteiger partial charge < -0.3 is 19.2 Å². The first-order valence-electron chi connectivity index (χ1n) is 18.1. The van der Waals surface area contributed by atoms with E-state index in [0.717, 1.165) is 22.3 Å². The van der Waals surface area contributed by atoms with E-state index in [9.17, 15) is 19.7 Å². The third-order valence-corrected chi connectivity index (χ3v) is 15.8. The lowest BCUT2D eigenvalue weighted by molar-refractivity contribution is -0.140. The summed E-state index contributed by atoms with van der Waals surface area (Å²) in [6, 6.07) is 28.3. The van der Waals surface area contributed by atoms with Crippen LogP contribution in [0.3, 0.4) is 0 Å². The maximum atomic E-state index is 13.9. The van der Waals surface area contributed by atoms with E-state index >= 15 is 0 Å². The van der Waals surface area contributed by atoms with E-state index in [1.54, 1.807) is 12.1 Å². The molecule has 3 aliphatic rings. The fourth-order valence-corrected chi connectivity index (χ4v) is 13.2. The zero-order valence-electron chi connectivity index (χ0n) is 30.0. The van der Waals surface area contributed by atoms with Gasteiger partial charge in [-0.15, -0.1) is 0 Å². The van der Waals surface area contributed by atoms with Gasteiger partial charge in [0.25, 0.3) is 8.32 Å². The molecule has 0 aromatic heterocycles. The van der Waals surface area contributed by atoms with Crippen molar-refractivity contribution in [1.82, 2.24) is 4.90 Å². The Balaban J connectivity index is 1.42. The minimum absolute atomic E-state index is 0.108. The van der Waals surface area contributed by atoms with E-state index in [4.69, 9.17) is 9.08 Å². The van der Waals surface area contributed by atoms with Crippen molar-refractivity contribution in [2.45, 2.75) is 77.8 Å². The smallest absolute Gasteiger partial charge is 0.455 e. The molecule has 4 atom stereocenters. The molecule has 50 heavy (non-hydrogen) atoms. The molecule has 2 saturated heterocycles. The molecule has 2 aliphatic heterocycles. The molecule has 2 amide bonds. The second kappa shape index (κ2) is 14.8. The third-order valence-electron chi connectivity index (χ3n) is 10.9. The van der Waals surface area contributed by atoms with Crippen LogP contribution in [0.4, 0.5) is 0 Å². The normalized spacial score (nSPS) is 23.0. The number of nitrogens with zero attached hydrogens (tertiary/aromatic N) is 1. The van der Waals surface area contributed by atoms with Crippen LogP contribution < -0.4 is 10.4 Å². The van der Waals surface area contributed by atoms with Crippen LogP contribution in [0.2, 0.25) is 11.4 Å². The van der Waals surface area contributed by atoms with Gasteiger partial charge >= 0.3 is 7.12 Å². The monoisotopic (exact) mass is 691 g/mol. The number of amides is 2. The summed E-state index contributed by atoms with van der Waals surface area (Å²) in [4.78, 5) is 29.3. The predicted octanol–water partition coefficient (Wildman–Crippen LogP) is 6.36. The Morgan fingerprint density at radius 3 is 2.18 bits per heavy atom. The first-order chi connectivity index (χ1) is 24.0. The van der Waals surface area contributed by atoms with Crippen molar-refractivity contribution < 1.29 is 28.8 Å². The Bertz CT molecular complexity index is 1710. The number of rotatable bonds is 11. The highest BCUT2D eigenvalue weighted by Gasteiger charge is 2.58. The summed E-state index contributed by atoms with van der Waals surface area (Å²) in [6.07, 6.45) is 4.17. The van der Waals surface area contributed by atoms with Crippen molar-refractivity contribution in [3.05, 3.63) is 107 Å². The minimum Gasteiger partial charge on any atom is -0.507 e. The van der Waals surface area contributed by atoms with Crippen LogP contribution in [0.25, 0.3) is 6.08 Å². The van der Waals surface area contributed by atoms with Crippen molar-refractivity contribution in [2.24, 2.45) is 17.8 Å². The highest BCUT2D eigenvalue weighted by Crippen LogP contribution is 2.51. The second-order valence-corrected chi connectivity index (χ2v) is 19.5. The number of imide groups is 1. The number of para-hydroxylation sites is 1. The summed E-state index contributed by atoms with van der Waals surface area (Å²) >= 11 is 0. The molecule has 7 nitrogen and oxygen atoms in total. The molecule has 0 unspecified atom stereocenters. The van der Waals surface area contributed by atoms with Gasteiger partial charge in [-0.05, 0) is 77.5 Å². The SMILES string of the molecule is CCCN1C(=O)[C@@H]2[C@@H](CC(CO[Si](c3ccccc3)(c3ccccc3)C(C)(C)C)=C3[C@@H](CC/C(C)=C/c4ccccc4O)OB(O)C[C@@H]32)C1=O. The Kier molecular flexibility index (Phi) is 10.7. The Hall–Kier alpha value is -3.76. The van der Waals surface area contributed by atoms with E-state index in [1.165, 1.54) is 15.3 Å². The molecule has 2 N–H and O–H groups in total. The summed E-state index contributed by atoms with van der Waals surface area (Å²) in [7, 11) is -3.96. The Labute approximate surface area is 298 Å². The highest BCUT2D eigenvalue weighted by molar-refractivity contribution is 6.99. The molecule has 0 saturated carbocycles. The highest BCUT2D eigenvalue weighted by atomic mass is 28.4. The minimum atomic E-state index is -2.92. The van der Waals surface area contributed by atoms with Gasteiger partial charge in [-0.2, -0.15) is 0 Å². The summed E-state index contributed by atoms with van der Waals surface area (Å²) < 4.78 is 13.8. The number of phenols is 1. The summed E-state index contributed by atoms with van der Waals surface area (Å²) in [5.41, 5.74) is 3.84. The fourth-order valence-electron chi connectivity index (χ4n) is 8.67. The molecule has 1 aliphatic carbocycles. The summed E-state index contributed by atoms with van der Waals surface area (Å²) in [6.45, 7) is 11.5. The lowest BCUT2D eigenvalue weighted by Crippen LogP contribution is -2.66. The van der Waals surface area contributed by atoms with Crippen LogP contribution in [0.15, 0.2) is 102 Å². The van der Waals surface area contributed by atoms with Gasteiger partial charge in [0.15, 0.2) is 0 Å².